The predicted octanol–water partition coefficient (Wildman–Crippen LogP) is 3.07. The van der Waals surface area contributed by atoms with Crippen molar-refractivity contribution in [2.24, 2.45) is 21.8 Å². The number of nitrogens with zero attached hydrogens (tertiary/aromatic N) is 1. The lowest BCUT2D eigenvalue weighted by Gasteiger charge is -2.34. The van der Waals surface area contributed by atoms with E-state index in [0.717, 1.165) is 31.4 Å². The van der Waals surface area contributed by atoms with Crippen LogP contribution in [0.4, 0.5) is 0 Å². The summed E-state index contributed by atoms with van der Waals surface area (Å²) < 4.78 is 33.1. The second kappa shape index (κ2) is 6.80. The highest BCUT2D eigenvalue weighted by Gasteiger charge is 2.60. The number of ether oxygens (including phenoxy) is 1. The molecule has 3 aliphatic carbocycles. The van der Waals surface area contributed by atoms with E-state index in [1.54, 1.807) is 6.07 Å². The van der Waals surface area contributed by atoms with Crippen LogP contribution in [-0.4, -0.2) is 33.2 Å². The molecule has 3 aliphatic rings. The summed E-state index contributed by atoms with van der Waals surface area (Å²) in [5, 5.41) is 4.46. The lowest BCUT2D eigenvalue weighted by Crippen LogP contribution is -2.34. The Labute approximate surface area is 172 Å². The summed E-state index contributed by atoms with van der Waals surface area (Å²) >= 11 is 0. The third-order valence-corrected chi connectivity index (χ3v) is 8.96. The van der Waals surface area contributed by atoms with Crippen LogP contribution in [0.1, 0.15) is 63.2 Å². The number of carbonyl (C=O) groups is 1. The molecular weight excluding hydrogens is 390 g/mol. The van der Waals surface area contributed by atoms with E-state index < -0.39 is 15.9 Å². The van der Waals surface area contributed by atoms with E-state index in [-0.39, 0.29) is 33.1 Å². The van der Waals surface area contributed by atoms with Gasteiger partial charge < -0.3 is 4.74 Å². The summed E-state index contributed by atoms with van der Waals surface area (Å²) in [6, 6.07) is 4.38. The average molecular weight is 420 g/mol. The summed E-state index contributed by atoms with van der Waals surface area (Å²) in [5.41, 5.74) is 4.08. The molecule has 2 atom stereocenters. The maximum absolute atomic E-state index is 12.7. The van der Waals surface area contributed by atoms with E-state index in [4.69, 9.17) is 4.74 Å². The highest BCUT2D eigenvalue weighted by Crippen LogP contribution is 2.63. The van der Waals surface area contributed by atoms with Gasteiger partial charge in [-0.1, -0.05) is 20.8 Å². The fourth-order valence-corrected chi connectivity index (χ4v) is 6.29. The van der Waals surface area contributed by atoms with Gasteiger partial charge >= 0.3 is 0 Å². The molecule has 0 aliphatic heterocycles. The zero-order chi connectivity index (χ0) is 21.0. The monoisotopic (exact) mass is 419 g/mol. The first kappa shape index (κ1) is 20.3. The fraction of sp³-hybridized carbons (Fsp3) is 0.619. The minimum Gasteiger partial charge on any atom is -0.495 e. The third kappa shape index (κ3) is 3.36. The van der Waals surface area contributed by atoms with Gasteiger partial charge in [-0.25, -0.2) is 18.6 Å². The van der Waals surface area contributed by atoms with Crippen LogP contribution in [0.3, 0.4) is 0 Å². The summed E-state index contributed by atoms with van der Waals surface area (Å²) in [5.74, 6) is 0.380. The molecule has 3 fully saturated rings. The zero-order valence-corrected chi connectivity index (χ0v) is 18.2. The molecule has 7 nitrogen and oxygen atoms in total. The highest BCUT2D eigenvalue weighted by molar-refractivity contribution is 7.89. The largest absolute Gasteiger partial charge is 0.495 e. The topological polar surface area (TPSA) is 96.9 Å². The van der Waals surface area contributed by atoms with E-state index in [0.29, 0.717) is 5.92 Å². The van der Waals surface area contributed by atoms with Crippen molar-refractivity contribution in [2.45, 2.75) is 63.8 Å². The number of hydrogen-bond acceptors (Lipinski definition) is 5. The molecule has 2 N–H and O–H groups in total. The molecule has 0 aromatic heterocycles. The smallest absolute Gasteiger partial charge is 0.271 e. The quantitative estimate of drug-likeness (QED) is 0.693. The first-order chi connectivity index (χ1) is 13.6. The molecule has 0 radical (unpaired) electrons. The van der Waals surface area contributed by atoms with Gasteiger partial charge in [-0.15, -0.1) is 0 Å². The number of methoxy groups -OCH3 is 1. The SMILES string of the molecule is COc1ccc(C(=O)N/N=C2/C[C@@H]3CC[C@]2(C)C3(C)C)cc1S(=O)(=O)NC1CC1. The van der Waals surface area contributed by atoms with Gasteiger partial charge in [-0.2, -0.15) is 5.10 Å². The van der Waals surface area contributed by atoms with Crippen molar-refractivity contribution in [3.63, 3.8) is 0 Å². The summed E-state index contributed by atoms with van der Waals surface area (Å²) in [6.45, 7) is 6.79. The maximum atomic E-state index is 12.7. The van der Waals surface area contributed by atoms with Crippen molar-refractivity contribution in [1.82, 2.24) is 10.1 Å². The molecule has 0 spiro atoms. The van der Waals surface area contributed by atoms with Crippen LogP contribution < -0.4 is 14.9 Å². The molecule has 0 saturated heterocycles. The number of amides is 1. The van der Waals surface area contributed by atoms with Gasteiger partial charge in [0.2, 0.25) is 10.0 Å². The number of hydrogen-bond donors (Lipinski definition) is 2. The van der Waals surface area contributed by atoms with E-state index >= 15 is 0 Å². The van der Waals surface area contributed by atoms with Gasteiger partial charge in [0.05, 0.1) is 7.11 Å². The van der Waals surface area contributed by atoms with Gasteiger partial charge in [-0.3, -0.25) is 4.79 Å². The predicted molar refractivity (Wildman–Crippen MR) is 110 cm³/mol. The van der Waals surface area contributed by atoms with Crippen molar-refractivity contribution in [2.75, 3.05) is 7.11 Å². The number of sulfonamides is 1. The molecule has 1 amide bonds. The van der Waals surface area contributed by atoms with Crippen molar-refractivity contribution < 1.29 is 17.9 Å². The zero-order valence-electron chi connectivity index (χ0n) is 17.4. The highest BCUT2D eigenvalue weighted by atomic mass is 32.2. The first-order valence-electron chi connectivity index (χ1n) is 10.2. The summed E-state index contributed by atoms with van der Waals surface area (Å²) in [7, 11) is -2.34. The van der Waals surface area contributed by atoms with Gasteiger partial charge in [-0.05, 0) is 61.6 Å². The third-order valence-electron chi connectivity index (χ3n) is 7.42. The normalized spacial score (nSPS) is 29.2. The Morgan fingerprint density at radius 3 is 2.48 bits per heavy atom. The molecule has 158 valence electrons. The first-order valence-corrected chi connectivity index (χ1v) is 11.6. The second-order valence-corrected chi connectivity index (χ2v) is 10.9. The van der Waals surface area contributed by atoms with Crippen molar-refractivity contribution in [1.29, 1.82) is 0 Å². The van der Waals surface area contributed by atoms with Crippen LogP contribution in [0.5, 0.6) is 5.75 Å². The van der Waals surface area contributed by atoms with Gasteiger partial charge in [0.1, 0.15) is 10.6 Å². The molecule has 4 rings (SSSR count). The van der Waals surface area contributed by atoms with Crippen LogP contribution in [0.15, 0.2) is 28.2 Å². The Hall–Kier alpha value is -1.93. The molecule has 8 heteroatoms. The second-order valence-electron chi connectivity index (χ2n) is 9.25. The number of fused-ring (bicyclic) bond motifs is 2. The van der Waals surface area contributed by atoms with Crippen molar-refractivity contribution >= 4 is 21.6 Å². The molecule has 1 aromatic rings. The lowest BCUT2D eigenvalue weighted by molar-refractivity contribution is 0.0953. The van der Waals surface area contributed by atoms with Gasteiger partial charge in [0, 0.05) is 22.7 Å². The molecule has 1 aromatic carbocycles. The van der Waals surface area contributed by atoms with Crippen LogP contribution in [0.2, 0.25) is 0 Å². The Bertz CT molecular complexity index is 982. The molecule has 29 heavy (non-hydrogen) atoms. The van der Waals surface area contributed by atoms with Crippen molar-refractivity contribution in [3.05, 3.63) is 23.8 Å². The average Bonchev–Trinajstić information content (AvgIpc) is 3.42. The van der Waals surface area contributed by atoms with E-state index in [2.05, 4.69) is 36.0 Å². The molecular formula is C21H29N3O4S. The van der Waals surface area contributed by atoms with E-state index in [1.165, 1.54) is 25.7 Å². The number of nitrogens with one attached hydrogen (secondary N) is 2. The minimum atomic E-state index is -3.75. The van der Waals surface area contributed by atoms with Crippen molar-refractivity contribution in [3.8, 4) is 5.75 Å². The summed E-state index contributed by atoms with van der Waals surface area (Å²) in [4.78, 5) is 12.7. The minimum absolute atomic E-state index is 0.00641. The van der Waals surface area contributed by atoms with Crippen LogP contribution in [0, 0.1) is 16.7 Å². The van der Waals surface area contributed by atoms with Crippen LogP contribution >= 0.6 is 0 Å². The molecule has 0 unspecified atom stereocenters. The Morgan fingerprint density at radius 2 is 1.93 bits per heavy atom. The molecule has 0 heterocycles. The Morgan fingerprint density at radius 1 is 1.21 bits per heavy atom. The van der Waals surface area contributed by atoms with E-state index in [9.17, 15) is 13.2 Å². The summed E-state index contributed by atoms with van der Waals surface area (Å²) in [6.07, 6.45) is 4.84. The Balaban J connectivity index is 1.56. The fourth-order valence-electron chi connectivity index (χ4n) is 4.79. The molecule has 2 bridgehead atoms. The van der Waals surface area contributed by atoms with E-state index in [1.807, 2.05) is 0 Å². The van der Waals surface area contributed by atoms with Crippen LogP contribution in [0.25, 0.3) is 0 Å². The standard InChI is InChI=1S/C21H29N3O4S/c1-20(2)14-9-10-21(20,3)18(12-14)22-23-19(25)13-5-8-16(28-4)17(11-13)29(26,27)24-15-6-7-15/h5,8,11,14-15,24H,6-7,9-10,12H2,1-4H3,(H,23,25)/b22-18-/t14-,21-/m0/s1. The van der Waals surface area contributed by atoms with Crippen LogP contribution in [-0.2, 0) is 10.0 Å². The number of benzene rings is 1. The van der Waals surface area contributed by atoms with Gasteiger partial charge in [0.25, 0.3) is 5.91 Å². The molecule has 3 saturated carbocycles. The maximum Gasteiger partial charge on any atom is 0.271 e. The lowest BCUT2D eigenvalue weighted by atomic mass is 9.70. The number of carbonyl (C=O) groups excluding carboxylic acids is 1. The number of rotatable bonds is 6. The number of hydrazone groups is 1. The Kier molecular flexibility index (Phi) is 4.77. The van der Waals surface area contributed by atoms with Gasteiger partial charge in [0.15, 0.2) is 0 Å².